The van der Waals surface area contributed by atoms with Crippen LogP contribution < -0.4 is 4.90 Å². The maximum Gasteiger partial charge on any atom is 0.325 e. The molecule has 0 radical (unpaired) electrons. The first kappa shape index (κ1) is 20.3. The van der Waals surface area contributed by atoms with Gasteiger partial charge >= 0.3 is 5.97 Å². The quantitative estimate of drug-likeness (QED) is 0.501. The Balaban J connectivity index is 1.64. The second-order valence-corrected chi connectivity index (χ2v) is 7.06. The number of fused-ring (bicyclic) bond motifs is 1. The van der Waals surface area contributed by atoms with E-state index in [-0.39, 0.29) is 29.6 Å². The predicted octanol–water partition coefficient (Wildman–Crippen LogP) is 3.57. The van der Waals surface area contributed by atoms with Gasteiger partial charge in [-0.25, -0.2) is 0 Å². The number of benzene rings is 2. The minimum absolute atomic E-state index is 0.0227. The first-order valence-electron chi connectivity index (χ1n) is 9.73. The van der Waals surface area contributed by atoms with E-state index in [0.29, 0.717) is 29.6 Å². The molecule has 1 saturated heterocycles. The zero-order valence-electron chi connectivity index (χ0n) is 16.8. The van der Waals surface area contributed by atoms with E-state index in [1.54, 1.807) is 53.4 Å². The molecule has 2 heterocycles. The van der Waals surface area contributed by atoms with Crippen molar-refractivity contribution >= 4 is 40.1 Å². The van der Waals surface area contributed by atoms with Gasteiger partial charge in [0.1, 0.15) is 6.54 Å². The molecule has 9 heteroatoms. The number of rotatable bonds is 5. The van der Waals surface area contributed by atoms with E-state index in [2.05, 4.69) is 15.0 Å². The fourth-order valence-electron chi connectivity index (χ4n) is 3.61. The summed E-state index contributed by atoms with van der Waals surface area (Å²) < 4.78 is 6.02. The monoisotopic (exact) mass is 420 g/mol. The highest BCUT2D eigenvalue weighted by Gasteiger charge is 2.23. The van der Waals surface area contributed by atoms with Crippen LogP contribution in [0.5, 0.6) is 5.88 Å². The Hall–Kier alpha value is -4.01. The zero-order valence-corrected chi connectivity index (χ0v) is 16.8. The molecule has 9 nitrogen and oxygen atoms in total. The molecule has 1 fully saturated rings. The summed E-state index contributed by atoms with van der Waals surface area (Å²) in [5, 5.41) is 18.9. The number of esters is 1. The van der Waals surface area contributed by atoms with Gasteiger partial charge in [-0.2, -0.15) is 0 Å². The van der Waals surface area contributed by atoms with E-state index in [4.69, 9.17) is 0 Å². The topological polar surface area (TPSA) is 114 Å². The number of nitrogens with zero attached hydrogens (tertiary/aromatic N) is 4. The third-order valence-corrected chi connectivity index (χ3v) is 5.15. The number of hydrogen-bond donors (Lipinski definition) is 1. The molecule has 2 aromatic carbocycles. The molecule has 0 saturated carbocycles. The fraction of sp³-hybridized carbons (Fsp3) is 0.227. The van der Waals surface area contributed by atoms with Gasteiger partial charge in [-0.3, -0.25) is 19.0 Å². The number of amides is 2. The highest BCUT2D eigenvalue weighted by molar-refractivity contribution is 6.00. The SMILES string of the molecule is COC(=O)Cn1c(O)c(N=NC(=O)c2cccc(N3CCCC3=O)c2)c2ccccc21. The molecular weight excluding hydrogens is 400 g/mol. The van der Waals surface area contributed by atoms with Gasteiger partial charge in [-0.05, 0) is 30.7 Å². The maximum atomic E-state index is 12.6. The second kappa shape index (κ2) is 8.39. The number of para-hydroxylation sites is 1. The standard InChI is InChI=1S/C22H20N4O5/c1-31-19(28)13-26-17-9-3-2-8-16(17)20(22(26)30)23-24-21(29)14-6-4-7-15(12-14)25-11-5-10-18(25)27/h2-4,6-9,12,30H,5,10-11,13H2,1H3. The number of carbonyl (C=O) groups excluding carboxylic acids is 3. The van der Waals surface area contributed by atoms with Gasteiger partial charge in [-0.1, -0.05) is 24.3 Å². The average Bonchev–Trinajstić information content (AvgIpc) is 3.33. The minimum atomic E-state index is -0.613. The Morgan fingerprint density at radius 1 is 1.16 bits per heavy atom. The Kier molecular flexibility index (Phi) is 5.48. The van der Waals surface area contributed by atoms with Crippen molar-refractivity contribution in [2.24, 2.45) is 10.2 Å². The first-order valence-corrected chi connectivity index (χ1v) is 9.73. The molecule has 0 atom stereocenters. The molecule has 1 N–H and O–H groups in total. The van der Waals surface area contributed by atoms with Crippen LogP contribution in [-0.4, -0.2) is 41.1 Å². The predicted molar refractivity (Wildman–Crippen MR) is 112 cm³/mol. The van der Waals surface area contributed by atoms with Crippen LogP contribution >= 0.6 is 0 Å². The minimum Gasteiger partial charge on any atom is -0.493 e. The molecule has 1 aliphatic rings. The summed E-state index contributed by atoms with van der Waals surface area (Å²) in [5.41, 5.74) is 1.56. The summed E-state index contributed by atoms with van der Waals surface area (Å²) in [5.74, 6) is -1.42. The number of aromatic hydroxyl groups is 1. The lowest BCUT2D eigenvalue weighted by Crippen LogP contribution is -2.23. The van der Waals surface area contributed by atoms with E-state index < -0.39 is 11.9 Å². The number of carbonyl (C=O) groups is 3. The number of aromatic nitrogens is 1. The number of methoxy groups -OCH3 is 1. The largest absolute Gasteiger partial charge is 0.493 e. The first-order chi connectivity index (χ1) is 15.0. The van der Waals surface area contributed by atoms with Crippen LogP contribution in [0, 0.1) is 0 Å². The summed E-state index contributed by atoms with van der Waals surface area (Å²) in [7, 11) is 1.26. The molecule has 0 bridgehead atoms. The Bertz CT molecular complexity index is 1210. The average molecular weight is 420 g/mol. The smallest absolute Gasteiger partial charge is 0.325 e. The van der Waals surface area contributed by atoms with Crippen molar-refractivity contribution in [3.63, 3.8) is 0 Å². The van der Waals surface area contributed by atoms with Crippen LogP contribution in [0.2, 0.25) is 0 Å². The normalized spacial score (nSPS) is 14.0. The molecule has 1 aromatic heterocycles. The van der Waals surface area contributed by atoms with Crippen molar-refractivity contribution in [3.8, 4) is 5.88 Å². The van der Waals surface area contributed by atoms with Gasteiger partial charge in [0.2, 0.25) is 11.8 Å². The van der Waals surface area contributed by atoms with Crippen molar-refractivity contribution in [1.82, 2.24) is 4.57 Å². The molecule has 0 aliphatic carbocycles. The number of azo groups is 1. The zero-order chi connectivity index (χ0) is 22.0. The number of anilines is 1. The van der Waals surface area contributed by atoms with Gasteiger partial charge < -0.3 is 14.7 Å². The van der Waals surface area contributed by atoms with Gasteiger partial charge in [0.15, 0.2) is 5.69 Å². The van der Waals surface area contributed by atoms with Crippen LogP contribution in [-0.2, 0) is 20.9 Å². The second-order valence-electron chi connectivity index (χ2n) is 7.06. The Labute approximate surface area is 177 Å². The molecule has 2 amide bonds. The third-order valence-electron chi connectivity index (χ3n) is 5.15. The lowest BCUT2D eigenvalue weighted by atomic mass is 10.2. The third kappa shape index (κ3) is 3.89. The maximum absolute atomic E-state index is 12.6. The van der Waals surface area contributed by atoms with Crippen molar-refractivity contribution in [1.29, 1.82) is 0 Å². The molecule has 158 valence electrons. The van der Waals surface area contributed by atoms with E-state index >= 15 is 0 Å². The highest BCUT2D eigenvalue weighted by Crippen LogP contribution is 2.38. The van der Waals surface area contributed by atoms with Crippen LogP contribution in [0.3, 0.4) is 0 Å². The van der Waals surface area contributed by atoms with Gasteiger partial charge in [0, 0.05) is 29.6 Å². The van der Waals surface area contributed by atoms with Crippen LogP contribution in [0.15, 0.2) is 58.8 Å². The van der Waals surface area contributed by atoms with Gasteiger partial charge in [0.05, 0.1) is 12.6 Å². The summed E-state index contributed by atoms with van der Waals surface area (Å²) in [4.78, 5) is 37.9. The molecule has 0 unspecified atom stereocenters. The van der Waals surface area contributed by atoms with Crippen LogP contribution in [0.25, 0.3) is 10.9 Å². The summed E-state index contributed by atoms with van der Waals surface area (Å²) >= 11 is 0. The van der Waals surface area contributed by atoms with Gasteiger partial charge in [0.25, 0.3) is 5.91 Å². The van der Waals surface area contributed by atoms with Crippen molar-refractivity contribution in [2.75, 3.05) is 18.6 Å². The van der Waals surface area contributed by atoms with E-state index in [0.717, 1.165) is 6.42 Å². The van der Waals surface area contributed by atoms with E-state index in [1.165, 1.54) is 11.7 Å². The van der Waals surface area contributed by atoms with Crippen molar-refractivity contribution < 1.29 is 24.2 Å². The van der Waals surface area contributed by atoms with Gasteiger partial charge in [-0.15, -0.1) is 10.2 Å². The molecular formula is C22H20N4O5. The molecule has 4 rings (SSSR count). The lowest BCUT2D eigenvalue weighted by molar-refractivity contribution is -0.141. The van der Waals surface area contributed by atoms with Crippen molar-refractivity contribution in [2.45, 2.75) is 19.4 Å². The lowest BCUT2D eigenvalue weighted by Gasteiger charge is -2.15. The highest BCUT2D eigenvalue weighted by atomic mass is 16.5. The molecule has 0 spiro atoms. The summed E-state index contributed by atoms with van der Waals surface area (Å²) in [6, 6.07) is 13.6. The Morgan fingerprint density at radius 3 is 2.71 bits per heavy atom. The van der Waals surface area contributed by atoms with E-state index in [9.17, 15) is 19.5 Å². The molecule has 31 heavy (non-hydrogen) atoms. The van der Waals surface area contributed by atoms with E-state index in [1.807, 2.05) is 0 Å². The molecule has 3 aromatic rings. The number of ether oxygens (including phenoxy) is 1. The summed E-state index contributed by atoms with van der Waals surface area (Å²) in [6.45, 7) is 0.407. The molecule has 1 aliphatic heterocycles. The fourth-order valence-corrected chi connectivity index (χ4v) is 3.61. The van der Waals surface area contributed by atoms with Crippen molar-refractivity contribution in [3.05, 3.63) is 54.1 Å². The number of hydrogen-bond acceptors (Lipinski definition) is 6. The Morgan fingerprint density at radius 2 is 1.97 bits per heavy atom. The summed E-state index contributed by atoms with van der Waals surface area (Å²) in [6.07, 6.45) is 1.28. The van der Waals surface area contributed by atoms with Crippen LogP contribution in [0.1, 0.15) is 23.2 Å². The van der Waals surface area contributed by atoms with Crippen LogP contribution in [0.4, 0.5) is 11.4 Å².